The minimum Gasteiger partial charge on any atom is -0.463 e. The zero-order chi connectivity index (χ0) is 44.7. The number of aromatic amines is 3. The first-order valence-electron chi connectivity index (χ1n) is 15.6. The van der Waals surface area contributed by atoms with E-state index in [1.165, 1.54) is 28.4 Å². The van der Waals surface area contributed by atoms with Crippen LogP contribution in [-0.2, 0) is 33.0 Å². The number of H-pyrrole nitrogens is 3. The lowest BCUT2D eigenvalue weighted by atomic mass is 10.2. The van der Waals surface area contributed by atoms with E-state index in [2.05, 4.69) is 104 Å². The third kappa shape index (κ3) is 22.6. The molecule has 0 fully saturated rings. The van der Waals surface area contributed by atoms with Crippen molar-refractivity contribution in [2.45, 2.75) is 28.2 Å². The largest absolute Gasteiger partial charge is 0.463 e. The van der Waals surface area contributed by atoms with Crippen LogP contribution in [0.1, 0.15) is 28.2 Å². The van der Waals surface area contributed by atoms with E-state index in [9.17, 15) is 33.3 Å². The number of ether oxygens (including phenoxy) is 5. The molecule has 4 aromatic heterocycles. The molecule has 338 valence electrons. The van der Waals surface area contributed by atoms with Crippen molar-refractivity contribution in [2.24, 2.45) is 10.7 Å². The Kier molecular flexibility index (Phi) is 28.0. The van der Waals surface area contributed by atoms with Gasteiger partial charge in [0.15, 0.2) is 10.3 Å². The Bertz CT molecular complexity index is 2270. The Hall–Kier alpha value is -5.52. The molecule has 0 spiro atoms. The van der Waals surface area contributed by atoms with E-state index in [1.807, 2.05) is 6.08 Å². The van der Waals surface area contributed by atoms with E-state index in [-0.39, 0.29) is 48.6 Å². The number of methoxy groups -OCH3 is 4. The van der Waals surface area contributed by atoms with Crippen LogP contribution in [0, 0.1) is 0 Å². The SMILES string of the molecule is C.C.CCOC(=O)C1=C(N)C=CC1.COC(=O)N=C(NC(=O)OC)SC.COC(=O)Nc1nc(Cl)c2[nH]ccc2n1.COC(=O)Nc1nc2cc[nH]c2c(=O)[nH]1.O=P(Cl)(Cl)Cl. The number of amides is 4. The molecule has 5 rings (SSSR count). The van der Waals surface area contributed by atoms with Crippen molar-refractivity contribution in [3.05, 3.63) is 63.5 Å². The predicted molar refractivity (Wildman–Crippen MR) is 237 cm³/mol. The minimum absolute atomic E-state index is 0. The van der Waals surface area contributed by atoms with E-state index in [0.29, 0.717) is 46.4 Å². The molecule has 8 N–H and O–H groups in total. The summed E-state index contributed by atoms with van der Waals surface area (Å²) < 4.78 is 31.6. The van der Waals surface area contributed by atoms with E-state index >= 15 is 0 Å². The molecule has 61 heavy (non-hydrogen) atoms. The van der Waals surface area contributed by atoms with Gasteiger partial charge < -0.3 is 39.4 Å². The fraction of sp³-hybridized carbons (Fsp3) is 0.312. The summed E-state index contributed by atoms with van der Waals surface area (Å²) in [5, 5.41) is 3.99. The van der Waals surface area contributed by atoms with Gasteiger partial charge in [-0.25, -0.2) is 33.9 Å². The van der Waals surface area contributed by atoms with Crippen molar-refractivity contribution in [3.63, 3.8) is 0 Å². The first kappa shape index (κ1) is 57.6. The maximum Gasteiger partial charge on any atom is 0.435 e. The van der Waals surface area contributed by atoms with Crippen molar-refractivity contribution < 1.29 is 52.2 Å². The summed E-state index contributed by atoms with van der Waals surface area (Å²) in [5.74, 6) is -0.132. The number of hydrogen-bond donors (Lipinski definition) is 7. The van der Waals surface area contributed by atoms with Gasteiger partial charge in [0.1, 0.15) is 11.0 Å². The molecule has 1 aliphatic rings. The third-order valence-electron chi connectivity index (χ3n) is 6.03. The highest BCUT2D eigenvalue weighted by Crippen LogP contribution is 2.61. The fourth-order valence-electron chi connectivity index (χ4n) is 3.60. The van der Waals surface area contributed by atoms with Gasteiger partial charge in [-0.3, -0.25) is 30.3 Å². The molecule has 4 amide bonds. The molecule has 0 unspecified atom stereocenters. The molecule has 0 bridgehead atoms. The second-order valence-corrected chi connectivity index (χ2v) is 17.6. The van der Waals surface area contributed by atoms with Crippen LogP contribution in [0.2, 0.25) is 5.15 Å². The Morgan fingerprint density at radius 1 is 0.885 bits per heavy atom. The predicted octanol–water partition coefficient (Wildman–Crippen LogP) is 7.85. The summed E-state index contributed by atoms with van der Waals surface area (Å²) in [7, 11) is 4.89. The summed E-state index contributed by atoms with van der Waals surface area (Å²) in [6.45, 7) is 2.17. The third-order valence-corrected chi connectivity index (χ3v) is 6.88. The monoisotopic (exact) mass is 977 g/mol. The number of hydrogen-bond acceptors (Lipinski definition) is 17. The second-order valence-electron chi connectivity index (χ2n) is 9.83. The minimum atomic E-state index is -3.22. The van der Waals surface area contributed by atoms with Gasteiger partial charge in [-0.1, -0.05) is 44.3 Å². The number of amidine groups is 1. The quantitative estimate of drug-likeness (QED) is 0.0255. The number of nitrogens with two attached hydrogens (primary N) is 1. The molecule has 23 nitrogen and oxygen atoms in total. The van der Waals surface area contributed by atoms with E-state index in [1.54, 1.807) is 43.8 Å². The summed E-state index contributed by atoms with van der Waals surface area (Å²) in [6.07, 6.45) is 6.32. The summed E-state index contributed by atoms with van der Waals surface area (Å²) in [5.41, 5.74) is 8.36. The van der Waals surface area contributed by atoms with Crippen LogP contribution in [-0.4, -0.2) is 107 Å². The number of rotatable bonds is 4. The maximum atomic E-state index is 11.4. The van der Waals surface area contributed by atoms with Gasteiger partial charge in [-0.15, -0.1) is 0 Å². The Morgan fingerprint density at radius 3 is 1.92 bits per heavy atom. The van der Waals surface area contributed by atoms with Crippen LogP contribution in [0.3, 0.4) is 0 Å². The molecule has 0 radical (unpaired) electrons. The smallest absolute Gasteiger partial charge is 0.435 e. The number of esters is 1. The first-order chi connectivity index (χ1) is 27.8. The maximum absolute atomic E-state index is 11.4. The number of alkyl carbamates (subject to hydrolysis) is 1. The molecule has 0 atom stereocenters. The highest BCUT2D eigenvalue weighted by molar-refractivity contribution is 8.24. The van der Waals surface area contributed by atoms with Crippen LogP contribution < -0.4 is 27.2 Å². The average Bonchev–Trinajstić information content (AvgIpc) is 3.96. The lowest BCUT2D eigenvalue weighted by Crippen LogP contribution is -2.28. The molecule has 0 aromatic carbocycles. The fourth-order valence-corrected chi connectivity index (χ4v) is 4.18. The summed E-state index contributed by atoms with van der Waals surface area (Å²) in [6, 6.07) is 3.36. The number of carbonyl (C=O) groups is 5. The number of halogens is 4. The number of nitrogens with zero attached hydrogens (tertiary/aromatic N) is 4. The van der Waals surface area contributed by atoms with Crippen molar-refractivity contribution in [3.8, 4) is 0 Å². The number of aliphatic imine (C=N–C) groups is 1. The topological polar surface area (TPSA) is 326 Å². The van der Waals surface area contributed by atoms with Gasteiger partial charge in [0.25, 0.3) is 5.56 Å². The number of carbonyl (C=O) groups excluding carboxylic acids is 5. The van der Waals surface area contributed by atoms with Crippen molar-refractivity contribution in [2.75, 3.05) is 51.9 Å². The van der Waals surface area contributed by atoms with Gasteiger partial charge in [0, 0.05) is 18.1 Å². The van der Waals surface area contributed by atoms with E-state index in [0.717, 1.165) is 11.8 Å². The first-order valence-corrected chi connectivity index (χ1v) is 21.7. The van der Waals surface area contributed by atoms with Crippen molar-refractivity contribution in [1.82, 2.24) is 35.2 Å². The van der Waals surface area contributed by atoms with E-state index < -0.39 is 29.6 Å². The molecule has 0 aliphatic heterocycles. The van der Waals surface area contributed by atoms with E-state index in [4.69, 9.17) is 22.1 Å². The van der Waals surface area contributed by atoms with Crippen molar-refractivity contribution >= 4 is 132 Å². The molecular formula is C32H44Cl4N11O12PS. The molecule has 1 aliphatic carbocycles. The molecule has 0 saturated carbocycles. The number of anilines is 2. The van der Waals surface area contributed by atoms with Gasteiger partial charge in [-0.2, -0.15) is 9.98 Å². The Balaban J connectivity index is 0. The van der Waals surface area contributed by atoms with Crippen LogP contribution >= 0.6 is 62.3 Å². The standard InChI is InChI=1S/C8H7ClN4O2.C8H8N4O3.C8H11NO2.C6H10N2O4S.2CH4.Cl3OP/c1-15-8(14)13-7-11-4-2-3-10-5(4)6(9)12-7;1-15-8(14)12-7-10-4-2-3-9-5(4)6(13)11-7;1-2-11-8(10)6-4-3-5-7(6)9;1-11-5(9)7-4(13-3)8-6(10)12-2;;;1-5(2,3)4/h2-3,10H,1H3,(H,11,12,13,14);2-3,9H,1H3,(H2,10,11,12,13,14);3,5H,2,4,9H2,1H3;1-3H3,(H,7,8,9,10);2*1H4;. The Labute approximate surface area is 372 Å². The second kappa shape index (κ2) is 29.7. The van der Waals surface area contributed by atoms with Crippen LogP contribution in [0.5, 0.6) is 0 Å². The zero-order valence-corrected chi connectivity index (χ0v) is 36.2. The zero-order valence-electron chi connectivity index (χ0n) is 31.5. The Morgan fingerprint density at radius 2 is 1.43 bits per heavy atom. The van der Waals surface area contributed by atoms with Gasteiger partial charge >= 0.3 is 35.5 Å². The number of nitrogens with one attached hydrogen (secondary N) is 6. The number of allylic oxidation sites excluding steroid dienone is 2. The summed E-state index contributed by atoms with van der Waals surface area (Å²) in [4.78, 5) is 88.9. The normalized spacial score (nSPS) is 11.1. The van der Waals surface area contributed by atoms with Gasteiger partial charge in [0.2, 0.25) is 11.9 Å². The molecular weight excluding hydrogens is 935 g/mol. The van der Waals surface area contributed by atoms with Crippen molar-refractivity contribution in [1.29, 1.82) is 0 Å². The van der Waals surface area contributed by atoms with Crippen LogP contribution in [0.15, 0.2) is 57.7 Å². The summed E-state index contributed by atoms with van der Waals surface area (Å²) >= 11 is 20.8. The van der Waals surface area contributed by atoms with Gasteiger partial charge in [0.05, 0.1) is 51.7 Å². The number of fused-ring (bicyclic) bond motifs is 2. The van der Waals surface area contributed by atoms with Crippen LogP contribution in [0.4, 0.5) is 31.1 Å². The average molecular weight is 980 g/mol. The molecule has 4 heterocycles. The lowest BCUT2D eigenvalue weighted by molar-refractivity contribution is -0.138. The lowest BCUT2D eigenvalue weighted by Gasteiger charge is -2.02. The van der Waals surface area contributed by atoms with Gasteiger partial charge in [-0.05, 0) is 71.5 Å². The van der Waals surface area contributed by atoms with Crippen LogP contribution in [0.25, 0.3) is 22.1 Å². The molecule has 0 saturated heterocycles. The number of thioether (sulfide) groups is 1. The highest BCUT2D eigenvalue weighted by Gasteiger charge is 2.15. The number of aromatic nitrogens is 6. The highest BCUT2D eigenvalue weighted by atomic mass is 36.0. The molecule has 29 heteroatoms. The molecule has 4 aromatic rings.